The first kappa shape index (κ1) is 9.27. The highest BCUT2D eigenvalue weighted by atomic mass is 32.1. The van der Waals surface area contributed by atoms with Gasteiger partial charge in [-0.3, -0.25) is 0 Å². The van der Waals surface area contributed by atoms with Crippen molar-refractivity contribution in [1.29, 1.82) is 0 Å². The minimum atomic E-state index is 0.461. The summed E-state index contributed by atoms with van der Waals surface area (Å²) in [5.74, 6) is 0.889. The third-order valence-electron chi connectivity index (χ3n) is 1.23. The van der Waals surface area contributed by atoms with Crippen molar-refractivity contribution in [2.75, 3.05) is 19.5 Å². The van der Waals surface area contributed by atoms with Crippen LogP contribution < -0.4 is 0 Å². The van der Waals surface area contributed by atoms with Crippen LogP contribution in [-0.2, 0) is 4.74 Å². The summed E-state index contributed by atoms with van der Waals surface area (Å²) in [7, 11) is 1.00. The number of ether oxygens (including phenoxy) is 1. The van der Waals surface area contributed by atoms with Crippen LogP contribution in [0.15, 0.2) is 0 Å². The minimum absolute atomic E-state index is 0.461. The molecular formula is C6H14O2S. The Morgan fingerprint density at radius 2 is 2.33 bits per heavy atom. The van der Waals surface area contributed by atoms with Gasteiger partial charge in [0.05, 0.1) is 6.10 Å². The molecule has 0 aromatic heterocycles. The lowest BCUT2D eigenvalue weighted by molar-refractivity contribution is 0.129. The van der Waals surface area contributed by atoms with Gasteiger partial charge < -0.3 is 9.84 Å². The first-order valence-electron chi connectivity index (χ1n) is 3.10. The highest BCUT2D eigenvalue weighted by Crippen LogP contribution is 2.11. The van der Waals surface area contributed by atoms with Gasteiger partial charge in [0.25, 0.3) is 0 Å². The lowest BCUT2D eigenvalue weighted by Crippen LogP contribution is -2.04. The number of aliphatic hydroxyl groups is 1. The number of hydrogen-bond acceptors (Lipinski definition) is 3. The summed E-state index contributed by atoms with van der Waals surface area (Å²) in [5.41, 5.74) is 0. The van der Waals surface area contributed by atoms with Crippen LogP contribution in [0.2, 0.25) is 0 Å². The predicted octanol–water partition coefficient (Wildman–Crippen LogP) is 0.704. The van der Waals surface area contributed by atoms with Crippen molar-refractivity contribution in [2.45, 2.75) is 18.9 Å². The molecule has 9 heavy (non-hydrogen) atoms. The summed E-state index contributed by atoms with van der Waals surface area (Å²) < 4.78 is 5.23. The lowest BCUT2D eigenvalue weighted by atomic mass is 10.3. The van der Waals surface area contributed by atoms with E-state index in [0.717, 1.165) is 19.5 Å². The van der Waals surface area contributed by atoms with Crippen molar-refractivity contribution in [3.63, 3.8) is 0 Å². The van der Waals surface area contributed by atoms with Gasteiger partial charge in [0.2, 0.25) is 0 Å². The van der Waals surface area contributed by atoms with E-state index in [1.807, 2.05) is 0 Å². The molecule has 1 atom stereocenters. The van der Waals surface area contributed by atoms with Crippen LogP contribution >= 0.6 is 12.6 Å². The summed E-state index contributed by atoms with van der Waals surface area (Å²) in [6.45, 7) is 0.950. The van der Waals surface area contributed by atoms with Gasteiger partial charge in [-0.25, -0.2) is 0 Å². The van der Waals surface area contributed by atoms with Gasteiger partial charge in [0, 0.05) is 19.5 Å². The molecule has 1 aliphatic rings. The van der Waals surface area contributed by atoms with Crippen molar-refractivity contribution in [2.24, 2.45) is 0 Å². The van der Waals surface area contributed by atoms with E-state index < -0.39 is 0 Å². The summed E-state index contributed by atoms with van der Waals surface area (Å²) in [4.78, 5) is 0. The SMILES string of the molecule is CO.SC[C@H]1CCCO1. The van der Waals surface area contributed by atoms with E-state index in [2.05, 4.69) is 12.6 Å². The Morgan fingerprint density at radius 1 is 1.67 bits per heavy atom. The van der Waals surface area contributed by atoms with Gasteiger partial charge in [-0.15, -0.1) is 0 Å². The fourth-order valence-corrected chi connectivity index (χ4v) is 1.08. The van der Waals surface area contributed by atoms with E-state index in [0.29, 0.717) is 6.10 Å². The molecule has 1 heterocycles. The highest BCUT2D eigenvalue weighted by molar-refractivity contribution is 7.80. The Kier molecular flexibility index (Phi) is 6.58. The van der Waals surface area contributed by atoms with Crippen LogP contribution in [-0.4, -0.2) is 30.7 Å². The predicted molar refractivity (Wildman–Crippen MR) is 41.0 cm³/mol. The normalized spacial score (nSPS) is 25.0. The van der Waals surface area contributed by atoms with Crippen molar-refractivity contribution in [3.8, 4) is 0 Å². The van der Waals surface area contributed by atoms with E-state index in [1.54, 1.807) is 0 Å². The standard InChI is InChI=1S/C5H10OS.CH4O/c7-4-5-2-1-3-6-5;1-2/h5,7H,1-4H2;2H,1H3/t5-;/m1./s1. The Hall–Kier alpha value is 0.270. The Labute approximate surface area is 61.6 Å². The molecule has 0 aromatic carbocycles. The van der Waals surface area contributed by atoms with Crippen LogP contribution in [0, 0.1) is 0 Å². The van der Waals surface area contributed by atoms with E-state index in [9.17, 15) is 0 Å². The molecular weight excluding hydrogens is 136 g/mol. The second kappa shape index (κ2) is 6.39. The molecule has 0 aliphatic carbocycles. The molecule has 0 unspecified atom stereocenters. The second-order valence-corrected chi connectivity index (χ2v) is 2.18. The van der Waals surface area contributed by atoms with E-state index in [1.165, 1.54) is 12.8 Å². The fourth-order valence-electron chi connectivity index (χ4n) is 0.788. The smallest absolute Gasteiger partial charge is 0.0663 e. The molecule has 0 radical (unpaired) electrons. The molecule has 1 rings (SSSR count). The van der Waals surface area contributed by atoms with Crippen molar-refractivity contribution >= 4 is 12.6 Å². The van der Waals surface area contributed by atoms with Gasteiger partial charge in [0.1, 0.15) is 0 Å². The molecule has 1 aliphatic heterocycles. The van der Waals surface area contributed by atoms with Crippen LogP contribution in [0.3, 0.4) is 0 Å². The average Bonchev–Trinajstić information content (AvgIpc) is 2.43. The molecule has 0 spiro atoms. The quantitative estimate of drug-likeness (QED) is 0.539. The van der Waals surface area contributed by atoms with E-state index in [-0.39, 0.29) is 0 Å². The minimum Gasteiger partial charge on any atom is -0.400 e. The first-order valence-corrected chi connectivity index (χ1v) is 3.74. The van der Waals surface area contributed by atoms with Crippen LogP contribution in [0.1, 0.15) is 12.8 Å². The summed E-state index contributed by atoms with van der Waals surface area (Å²) in [5, 5.41) is 7.00. The molecule has 1 N–H and O–H groups in total. The lowest BCUT2D eigenvalue weighted by Gasteiger charge is -2.00. The Balaban J connectivity index is 0.000000291. The van der Waals surface area contributed by atoms with Crippen LogP contribution in [0.4, 0.5) is 0 Å². The van der Waals surface area contributed by atoms with E-state index >= 15 is 0 Å². The average molecular weight is 150 g/mol. The topological polar surface area (TPSA) is 29.5 Å². The molecule has 56 valence electrons. The van der Waals surface area contributed by atoms with Crippen molar-refractivity contribution in [1.82, 2.24) is 0 Å². The zero-order chi connectivity index (χ0) is 7.11. The Morgan fingerprint density at radius 3 is 2.56 bits per heavy atom. The van der Waals surface area contributed by atoms with E-state index in [4.69, 9.17) is 9.84 Å². The number of rotatable bonds is 1. The number of thiol groups is 1. The van der Waals surface area contributed by atoms with Crippen molar-refractivity contribution < 1.29 is 9.84 Å². The first-order chi connectivity index (χ1) is 4.43. The zero-order valence-electron chi connectivity index (χ0n) is 5.71. The highest BCUT2D eigenvalue weighted by Gasteiger charge is 2.11. The summed E-state index contributed by atoms with van der Waals surface area (Å²) in [6, 6.07) is 0. The fraction of sp³-hybridized carbons (Fsp3) is 1.00. The molecule has 2 nitrogen and oxygen atoms in total. The maximum Gasteiger partial charge on any atom is 0.0663 e. The van der Waals surface area contributed by atoms with Gasteiger partial charge in [-0.2, -0.15) is 12.6 Å². The van der Waals surface area contributed by atoms with Gasteiger partial charge in [-0.05, 0) is 12.8 Å². The summed E-state index contributed by atoms with van der Waals surface area (Å²) in [6.07, 6.45) is 2.90. The monoisotopic (exact) mass is 150 g/mol. The van der Waals surface area contributed by atoms with Gasteiger partial charge >= 0.3 is 0 Å². The van der Waals surface area contributed by atoms with Crippen molar-refractivity contribution in [3.05, 3.63) is 0 Å². The van der Waals surface area contributed by atoms with Crippen LogP contribution in [0.25, 0.3) is 0 Å². The maximum atomic E-state index is 7.00. The second-order valence-electron chi connectivity index (χ2n) is 1.82. The third-order valence-corrected chi connectivity index (χ3v) is 1.63. The maximum absolute atomic E-state index is 7.00. The number of hydrogen-bond donors (Lipinski definition) is 2. The molecule has 0 amide bonds. The summed E-state index contributed by atoms with van der Waals surface area (Å²) >= 11 is 4.09. The molecule has 1 saturated heterocycles. The Bertz CT molecular complexity index is 53.0. The largest absolute Gasteiger partial charge is 0.400 e. The molecule has 0 saturated carbocycles. The van der Waals surface area contributed by atoms with Crippen LogP contribution in [0.5, 0.6) is 0 Å². The molecule has 1 fully saturated rings. The molecule has 0 bridgehead atoms. The van der Waals surface area contributed by atoms with Gasteiger partial charge in [-0.1, -0.05) is 0 Å². The third kappa shape index (κ3) is 3.78. The molecule has 0 aromatic rings. The zero-order valence-corrected chi connectivity index (χ0v) is 6.60. The number of aliphatic hydroxyl groups excluding tert-OH is 1. The molecule has 3 heteroatoms. The van der Waals surface area contributed by atoms with Gasteiger partial charge in [0.15, 0.2) is 0 Å².